The van der Waals surface area contributed by atoms with Crippen molar-refractivity contribution in [3.8, 4) is 10.7 Å². The van der Waals surface area contributed by atoms with Crippen LogP contribution in [0.25, 0.3) is 10.7 Å². The van der Waals surface area contributed by atoms with E-state index in [0.29, 0.717) is 5.16 Å². The minimum Gasteiger partial charge on any atom is -0.481 e. The van der Waals surface area contributed by atoms with E-state index in [0.717, 1.165) is 10.7 Å². The third kappa shape index (κ3) is 2.56. The maximum absolute atomic E-state index is 10.5. The first-order chi connectivity index (χ1) is 8.49. The predicted octanol–water partition coefficient (Wildman–Crippen LogP) is 2.34. The molecule has 0 bridgehead atoms. The fourth-order valence-corrected chi connectivity index (χ4v) is 3.15. The standard InChI is InChI=1S/C11H13N3O2S2/c1-6-4-8(18-7(6)2)10-12-13-11(14(10)3)17-5-9(15)16/h4H,5H2,1-3H3,(H,15,16). The number of aliphatic carboxylic acids is 1. The van der Waals surface area contributed by atoms with E-state index in [1.165, 1.54) is 22.2 Å². The minimum atomic E-state index is -0.854. The molecule has 2 heterocycles. The van der Waals surface area contributed by atoms with Gasteiger partial charge in [-0.3, -0.25) is 4.79 Å². The Morgan fingerprint density at radius 3 is 2.78 bits per heavy atom. The summed E-state index contributed by atoms with van der Waals surface area (Å²) in [6, 6.07) is 2.08. The van der Waals surface area contributed by atoms with Crippen LogP contribution in [0.2, 0.25) is 0 Å². The van der Waals surface area contributed by atoms with Gasteiger partial charge in [0.15, 0.2) is 11.0 Å². The number of thiophene rings is 1. The Morgan fingerprint density at radius 1 is 1.50 bits per heavy atom. The van der Waals surface area contributed by atoms with Crippen LogP contribution in [0.15, 0.2) is 11.2 Å². The van der Waals surface area contributed by atoms with Crippen LogP contribution in [0.4, 0.5) is 0 Å². The number of carbonyl (C=O) groups is 1. The van der Waals surface area contributed by atoms with Gasteiger partial charge in [-0.15, -0.1) is 21.5 Å². The summed E-state index contributed by atoms with van der Waals surface area (Å²) in [6.07, 6.45) is 0. The van der Waals surface area contributed by atoms with Crippen LogP contribution in [0, 0.1) is 13.8 Å². The van der Waals surface area contributed by atoms with E-state index in [9.17, 15) is 4.79 Å². The van der Waals surface area contributed by atoms with E-state index in [2.05, 4.69) is 30.1 Å². The summed E-state index contributed by atoms with van der Waals surface area (Å²) in [5.41, 5.74) is 1.23. The molecular weight excluding hydrogens is 270 g/mol. The molecule has 0 saturated heterocycles. The highest BCUT2D eigenvalue weighted by atomic mass is 32.2. The lowest BCUT2D eigenvalue weighted by Gasteiger charge is -2.00. The molecule has 0 unspecified atom stereocenters. The van der Waals surface area contributed by atoms with E-state index < -0.39 is 5.97 Å². The Morgan fingerprint density at radius 2 is 2.22 bits per heavy atom. The fraction of sp³-hybridized carbons (Fsp3) is 0.364. The van der Waals surface area contributed by atoms with Crippen LogP contribution in [-0.2, 0) is 11.8 Å². The summed E-state index contributed by atoms with van der Waals surface area (Å²) < 4.78 is 1.83. The monoisotopic (exact) mass is 283 g/mol. The van der Waals surface area contributed by atoms with Gasteiger partial charge in [-0.2, -0.15) is 0 Å². The van der Waals surface area contributed by atoms with Crippen LogP contribution in [-0.4, -0.2) is 31.6 Å². The first-order valence-electron chi connectivity index (χ1n) is 5.30. The van der Waals surface area contributed by atoms with Crippen LogP contribution in [0.1, 0.15) is 10.4 Å². The molecule has 2 rings (SSSR count). The zero-order valence-electron chi connectivity index (χ0n) is 10.3. The Bertz CT molecular complexity index is 570. The third-order valence-corrected chi connectivity index (χ3v) is 4.70. The van der Waals surface area contributed by atoms with Gasteiger partial charge in [0.25, 0.3) is 0 Å². The maximum Gasteiger partial charge on any atom is 0.313 e. The number of carboxylic acid groups (broad SMARTS) is 1. The third-order valence-electron chi connectivity index (χ3n) is 2.55. The second kappa shape index (κ2) is 5.11. The molecule has 2 aromatic rings. The SMILES string of the molecule is Cc1cc(-c2nnc(SCC(=O)O)n2C)sc1C. The summed E-state index contributed by atoms with van der Waals surface area (Å²) in [5, 5.41) is 17.4. The van der Waals surface area contributed by atoms with E-state index in [-0.39, 0.29) is 5.75 Å². The highest BCUT2D eigenvalue weighted by molar-refractivity contribution is 7.99. The number of carboxylic acids is 1. The van der Waals surface area contributed by atoms with E-state index in [4.69, 9.17) is 5.11 Å². The first-order valence-corrected chi connectivity index (χ1v) is 7.10. The van der Waals surface area contributed by atoms with Crippen molar-refractivity contribution in [2.75, 3.05) is 5.75 Å². The Hall–Kier alpha value is -1.34. The predicted molar refractivity (Wildman–Crippen MR) is 72.1 cm³/mol. The molecule has 0 saturated carbocycles. The van der Waals surface area contributed by atoms with Gasteiger partial charge in [-0.05, 0) is 25.5 Å². The number of hydrogen-bond donors (Lipinski definition) is 1. The molecule has 0 aromatic carbocycles. The number of thioether (sulfide) groups is 1. The quantitative estimate of drug-likeness (QED) is 0.872. The molecule has 0 amide bonds. The molecule has 0 aliphatic heterocycles. The van der Waals surface area contributed by atoms with Crippen LogP contribution in [0.3, 0.4) is 0 Å². The van der Waals surface area contributed by atoms with Crippen molar-refractivity contribution in [2.24, 2.45) is 7.05 Å². The summed E-state index contributed by atoms with van der Waals surface area (Å²) in [7, 11) is 1.85. The molecule has 1 N–H and O–H groups in total. The maximum atomic E-state index is 10.5. The van der Waals surface area contributed by atoms with Crippen molar-refractivity contribution in [3.05, 3.63) is 16.5 Å². The molecule has 7 heteroatoms. The van der Waals surface area contributed by atoms with Gasteiger partial charge in [0, 0.05) is 11.9 Å². The highest BCUT2D eigenvalue weighted by Crippen LogP contribution is 2.30. The number of nitrogens with zero attached hydrogens (tertiary/aromatic N) is 3. The number of hydrogen-bond acceptors (Lipinski definition) is 5. The minimum absolute atomic E-state index is 0.00549. The molecule has 96 valence electrons. The molecule has 0 radical (unpaired) electrons. The largest absolute Gasteiger partial charge is 0.481 e. The number of aromatic nitrogens is 3. The van der Waals surface area contributed by atoms with Crippen LogP contribution >= 0.6 is 23.1 Å². The van der Waals surface area contributed by atoms with Gasteiger partial charge in [0.05, 0.1) is 10.6 Å². The normalized spacial score (nSPS) is 10.8. The van der Waals surface area contributed by atoms with Gasteiger partial charge in [-0.1, -0.05) is 11.8 Å². The highest BCUT2D eigenvalue weighted by Gasteiger charge is 2.14. The summed E-state index contributed by atoms with van der Waals surface area (Å²) in [4.78, 5) is 12.8. The molecule has 5 nitrogen and oxygen atoms in total. The lowest BCUT2D eigenvalue weighted by Crippen LogP contribution is -2.00. The van der Waals surface area contributed by atoms with Crippen molar-refractivity contribution >= 4 is 29.1 Å². The van der Waals surface area contributed by atoms with Gasteiger partial charge >= 0.3 is 5.97 Å². The van der Waals surface area contributed by atoms with Gasteiger partial charge < -0.3 is 9.67 Å². The van der Waals surface area contributed by atoms with Crippen LogP contribution in [0.5, 0.6) is 0 Å². The van der Waals surface area contributed by atoms with Crippen molar-refractivity contribution in [3.63, 3.8) is 0 Å². The van der Waals surface area contributed by atoms with Gasteiger partial charge in [-0.25, -0.2) is 0 Å². The smallest absolute Gasteiger partial charge is 0.313 e. The molecule has 2 aromatic heterocycles. The molecule has 0 aliphatic rings. The van der Waals surface area contributed by atoms with Crippen molar-refractivity contribution in [1.82, 2.24) is 14.8 Å². The molecule has 0 atom stereocenters. The summed E-state index contributed by atoms with van der Waals surface area (Å²) >= 11 is 2.85. The Balaban J connectivity index is 2.27. The molecule has 18 heavy (non-hydrogen) atoms. The van der Waals surface area contributed by atoms with Gasteiger partial charge in [0.1, 0.15) is 0 Å². The average molecular weight is 283 g/mol. The first kappa shape index (κ1) is 13.1. The second-order valence-electron chi connectivity index (χ2n) is 3.90. The molecule has 0 spiro atoms. The van der Waals surface area contributed by atoms with Crippen molar-refractivity contribution in [2.45, 2.75) is 19.0 Å². The lowest BCUT2D eigenvalue weighted by atomic mass is 10.3. The van der Waals surface area contributed by atoms with E-state index in [1.54, 1.807) is 11.3 Å². The van der Waals surface area contributed by atoms with Crippen LogP contribution < -0.4 is 0 Å². The average Bonchev–Trinajstić information content (AvgIpc) is 2.81. The topological polar surface area (TPSA) is 68.0 Å². The summed E-state index contributed by atoms with van der Waals surface area (Å²) in [5.74, 6) is -0.0782. The van der Waals surface area contributed by atoms with Crippen molar-refractivity contribution in [1.29, 1.82) is 0 Å². The van der Waals surface area contributed by atoms with Crippen molar-refractivity contribution < 1.29 is 9.90 Å². The summed E-state index contributed by atoms with van der Waals surface area (Å²) in [6.45, 7) is 4.13. The lowest BCUT2D eigenvalue weighted by molar-refractivity contribution is -0.133. The molecule has 0 fully saturated rings. The number of rotatable bonds is 4. The van der Waals surface area contributed by atoms with E-state index >= 15 is 0 Å². The fourth-order valence-electron chi connectivity index (χ4n) is 1.46. The number of aryl methyl sites for hydroxylation is 2. The Labute approximate surface area is 113 Å². The van der Waals surface area contributed by atoms with E-state index in [1.807, 2.05) is 11.6 Å². The zero-order valence-corrected chi connectivity index (χ0v) is 11.9. The second-order valence-corrected chi connectivity index (χ2v) is 6.10. The van der Waals surface area contributed by atoms with Gasteiger partial charge in [0.2, 0.25) is 0 Å². The molecule has 0 aliphatic carbocycles. The molecular formula is C11H13N3O2S2. The zero-order chi connectivity index (χ0) is 13.3. The Kier molecular flexibility index (Phi) is 3.72.